The summed E-state index contributed by atoms with van der Waals surface area (Å²) in [6.07, 6.45) is 2.39. The highest BCUT2D eigenvalue weighted by Gasteiger charge is 2.22. The van der Waals surface area contributed by atoms with Crippen molar-refractivity contribution in [2.24, 2.45) is 0 Å². The van der Waals surface area contributed by atoms with E-state index < -0.39 is 0 Å². The third-order valence-electron chi connectivity index (χ3n) is 4.39. The van der Waals surface area contributed by atoms with Gasteiger partial charge in [0.25, 0.3) is 0 Å². The second-order valence-electron chi connectivity index (χ2n) is 6.01. The van der Waals surface area contributed by atoms with E-state index in [1.807, 2.05) is 37.3 Å². The fourth-order valence-corrected chi connectivity index (χ4v) is 3.10. The lowest BCUT2D eigenvalue weighted by Gasteiger charge is -2.13. The average molecular weight is 354 g/mol. The number of para-hydroxylation sites is 1. The first-order valence-electron chi connectivity index (χ1n) is 8.36. The number of rotatable bonds is 4. The Balaban J connectivity index is 2.06. The maximum Gasteiger partial charge on any atom is 0.203 e. The largest absolute Gasteiger partial charge is 0.493 e. The van der Waals surface area contributed by atoms with Crippen LogP contribution in [0.2, 0.25) is 0 Å². The summed E-state index contributed by atoms with van der Waals surface area (Å²) in [6, 6.07) is 9.27. The van der Waals surface area contributed by atoms with E-state index >= 15 is 0 Å². The van der Waals surface area contributed by atoms with Crippen molar-refractivity contribution in [3.8, 4) is 23.0 Å². The van der Waals surface area contributed by atoms with Crippen molar-refractivity contribution in [1.82, 2.24) is 0 Å². The molecule has 0 aliphatic carbocycles. The molecule has 0 fully saturated rings. The molecule has 0 bridgehead atoms. The van der Waals surface area contributed by atoms with Gasteiger partial charge >= 0.3 is 0 Å². The Labute approximate surface area is 153 Å². The molecule has 0 radical (unpaired) electrons. The molecule has 0 amide bonds. The number of hydrogen-bond acceptors (Lipinski definition) is 5. The van der Waals surface area contributed by atoms with Gasteiger partial charge in [0, 0.05) is 12.0 Å². The molecule has 5 heteroatoms. The number of methoxy groups -OCH3 is 3. The molecule has 0 unspecified atom stereocenters. The molecule has 0 spiro atoms. The van der Waals surface area contributed by atoms with E-state index in [1.54, 1.807) is 27.4 Å². The van der Waals surface area contributed by atoms with E-state index in [0.717, 1.165) is 11.1 Å². The number of Topliss-reactive ketones (excluding diaryl/α,β-unsaturated/α-hetero) is 1. The van der Waals surface area contributed by atoms with Crippen molar-refractivity contribution in [2.75, 3.05) is 27.9 Å². The lowest BCUT2D eigenvalue weighted by atomic mass is 9.97. The molecule has 0 atom stereocenters. The van der Waals surface area contributed by atoms with Gasteiger partial charge in [-0.2, -0.15) is 0 Å². The fraction of sp³-hybridized carbons (Fsp3) is 0.286. The molecule has 1 aliphatic rings. The molecule has 0 saturated carbocycles. The summed E-state index contributed by atoms with van der Waals surface area (Å²) in [7, 11) is 4.69. The monoisotopic (exact) mass is 354 g/mol. The molecule has 26 heavy (non-hydrogen) atoms. The van der Waals surface area contributed by atoms with Crippen molar-refractivity contribution in [3.63, 3.8) is 0 Å². The molecule has 1 heterocycles. The molecule has 2 aromatic rings. The molecule has 2 aromatic carbocycles. The van der Waals surface area contributed by atoms with Crippen LogP contribution in [0.25, 0.3) is 6.08 Å². The lowest BCUT2D eigenvalue weighted by molar-refractivity contribution is 0.103. The van der Waals surface area contributed by atoms with Gasteiger partial charge in [-0.15, -0.1) is 0 Å². The molecule has 5 nitrogen and oxygen atoms in total. The lowest BCUT2D eigenvalue weighted by Crippen LogP contribution is -2.03. The Bertz CT molecular complexity index is 842. The van der Waals surface area contributed by atoms with E-state index in [-0.39, 0.29) is 5.78 Å². The number of carbonyl (C=O) groups excluding carboxylic acids is 1. The minimum absolute atomic E-state index is 0.0186. The van der Waals surface area contributed by atoms with E-state index in [9.17, 15) is 4.79 Å². The van der Waals surface area contributed by atoms with Crippen molar-refractivity contribution in [2.45, 2.75) is 13.3 Å². The second kappa shape index (κ2) is 7.52. The van der Waals surface area contributed by atoms with Gasteiger partial charge in [-0.25, -0.2) is 0 Å². The Morgan fingerprint density at radius 2 is 1.73 bits per heavy atom. The summed E-state index contributed by atoms with van der Waals surface area (Å²) in [5.74, 6) is 2.27. The normalized spacial score (nSPS) is 15.1. The maximum absolute atomic E-state index is 13.0. The standard InChI is InChI=1S/C21H22O5/c1-13-6-5-7-16-19(22)15(8-9-26-20(13)16)10-14-11-17(23-2)21(25-4)18(12-14)24-3/h5-7,10-12H,8-9H2,1-4H3/b15-10+. The first-order valence-corrected chi connectivity index (χ1v) is 8.36. The first-order chi connectivity index (χ1) is 12.6. The van der Waals surface area contributed by atoms with Gasteiger partial charge in [-0.1, -0.05) is 12.1 Å². The van der Waals surface area contributed by atoms with E-state index in [2.05, 4.69) is 0 Å². The van der Waals surface area contributed by atoms with Crippen LogP contribution in [0, 0.1) is 6.92 Å². The highest BCUT2D eigenvalue weighted by molar-refractivity contribution is 6.13. The van der Waals surface area contributed by atoms with Crippen molar-refractivity contribution in [3.05, 3.63) is 52.6 Å². The average Bonchev–Trinajstić information content (AvgIpc) is 2.81. The number of ether oxygens (including phenoxy) is 4. The predicted molar refractivity (Wildman–Crippen MR) is 99.7 cm³/mol. The summed E-state index contributed by atoms with van der Waals surface area (Å²) < 4.78 is 21.9. The van der Waals surface area contributed by atoms with Gasteiger partial charge < -0.3 is 18.9 Å². The highest BCUT2D eigenvalue weighted by atomic mass is 16.5. The molecule has 3 rings (SSSR count). The van der Waals surface area contributed by atoms with Crippen LogP contribution >= 0.6 is 0 Å². The highest BCUT2D eigenvalue weighted by Crippen LogP contribution is 2.39. The third kappa shape index (κ3) is 3.25. The Morgan fingerprint density at radius 3 is 2.35 bits per heavy atom. The first kappa shape index (κ1) is 17.9. The smallest absolute Gasteiger partial charge is 0.203 e. The molecule has 0 aromatic heterocycles. The fourth-order valence-electron chi connectivity index (χ4n) is 3.10. The Hall–Kier alpha value is -2.95. The molecule has 0 N–H and O–H groups in total. The zero-order valence-corrected chi connectivity index (χ0v) is 15.4. The van der Waals surface area contributed by atoms with Crippen molar-refractivity contribution in [1.29, 1.82) is 0 Å². The number of hydrogen-bond donors (Lipinski definition) is 0. The third-order valence-corrected chi connectivity index (χ3v) is 4.39. The summed E-state index contributed by atoms with van der Waals surface area (Å²) >= 11 is 0. The van der Waals surface area contributed by atoms with Crippen molar-refractivity contribution >= 4 is 11.9 Å². The SMILES string of the molecule is COc1cc(/C=C2\CCOc3c(C)cccc3C2=O)cc(OC)c1OC. The van der Waals surface area contributed by atoms with Gasteiger partial charge in [0.1, 0.15) is 5.75 Å². The van der Waals surface area contributed by atoms with Gasteiger partial charge in [-0.05, 0) is 42.3 Å². The Morgan fingerprint density at radius 1 is 1.04 bits per heavy atom. The quantitative estimate of drug-likeness (QED) is 0.775. The van der Waals surface area contributed by atoms with Crippen LogP contribution in [0.5, 0.6) is 23.0 Å². The topological polar surface area (TPSA) is 54.0 Å². The van der Waals surface area contributed by atoms with Gasteiger partial charge in [0.15, 0.2) is 17.3 Å². The van der Waals surface area contributed by atoms with Crippen LogP contribution < -0.4 is 18.9 Å². The zero-order chi connectivity index (χ0) is 18.7. The van der Waals surface area contributed by atoms with Gasteiger partial charge in [0.2, 0.25) is 5.75 Å². The minimum Gasteiger partial charge on any atom is -0.493 e. The summed E-state index contributed by atoms with van der Waals surface area (Å²) in [5.41, 5.74) is 3.05. The number of carbonyl (C=O) groups is 1. The van der Waals surface area contributed by atoms with E-state index in [1.165, 1.54) is 0 Å². The molecule has 0 saturated heterocycles. The van der Waals surface area contributed by atoms with Crippen LogP contribution in [0.15, 0.2) is 35.9 Å². The minimum atomic E-state index is -0.0186. The number of benzene rings is 2. The second-order valence-corrected chi connectivity index (χ2v) is 6.01. The van der Waals surface area contributed by atoms with Crippen LogP contribution in [-0.2, 0) is 0 Å². The summed E-state index contributed by atoms with van der Waals surface area (Å²) in [5, 5.41) is 0. The predicted octanol–water partition coefficient (Wildman–Crippen LogP) is 4.07. The van der Waals surface area contributed by atoms with Gasteiger partial charge in [-0.3, -0.25) is 4.79 Å². The van der Waals surface area contributed by atoms with Gasteiger partial charge in [0.05, 0.1) is 33.5 Å². The van der Waals surface area contributed by atoms with E-state index in [0.29, 0.717) is 47.2 Å². The number of fused-ring (bicyclic) bond motifs is 1. The summed E-state index contributed by atoms with van der Waals surface area (Å²) in [6.45, 7) is 2.40. The number of aryl methyl sites for hydroxylation is 1. The van der Waals surface area contributed by atoms with Crippen LogP contribution in [0.3, 0.4) is 0 Å². The summed E-state index contributed by atoms with van der Waals surface area (Å²) in [4.78, 5) is 13.0. The molecular formula is C21H22O5. The van der Waals surface area contributed by atoms with Crippen molar-refractivity contribution < 1.29 is 23.7 Å². The molecule has 136 valence electrons. The van der Waals surface area contributed by atoms with Crippen LogP contribution in [0.4, 0.5) is 0 Å². The van der Waals surface area contributed by atoms with Crippen LogP contribution in [-0.4, -0.2) is 33.7 Å². The number of ketones is 1. The maximum atomic E-state index is 13.0. The molecular weight excluding hydrogens is 332 g/mol. The van der Waals surface area contributed by atoms with Crippen LogP contribution in [0.1, 0.15) is 27.9 Å². The Kier molecular flexibility index (Phi) is 5.16. The zero-order valence-electron chi connectivity index (χ0n) is 15.4. The molecule has 1 aliphatic heterocycles. The van der Waals surface area contributed by atoms with E-state index in [4.69, 9.17) is 18.9 Å².